The van der Waals surface area contributed by atoms with E-state index in [-0.39, 0.29) is 34.5 Å². The standard InChI is InChI=1S/C59H46N4O4S2/c1-32-9-12-40-42(14-10-32)54(64)46(52(40)36(28-60)29-61)24-38-26-48-56(68-38)44-20-34-23-51-45(21-35(34)22-50(44)66-58(48)15-5-3-6-16-58)57-49(59(67-51)17-7-4-8-18-59)27-39(69-57)25-47-53(37(30-62)31-63)41-13-11-33(2)19-43(41)55(47)65/h11-14,19-27,32,34-35H,3-10,15-18H2,1-2H3/b46-24-,47-25-. The lowest BCUT2D eigenvalue weighted by atomic mass is 9.72. The van der Waals surface area contributed by atoms with Gasteiger partial charge in [-0.2, -0.15) is 21.0 Å². The summed E-state index contributed by atoms with van der Waals surface area (Å²) in [6.45, 7) is 4.08. The van der Waals surface area contributed by atoms with E-state index in [1.54, 1.807) is 22.7 Å². The van der Waals surface area contributed by atoms with Gasteiger partial charge in [0.2, 0.25) is 0 Å². The van der Waals surface area contributed by atoms with Gasteiger partial charge in [0.25, 0.3) is 0 Å². The summed E-state index contributed by atoms with van der Waals surface area (Å²) in [5.41, 5.74) is 8.18. The number of carbonyl (C=O) groups excluding carboxylic acids is 2. The summed E-state index contributed by atoms with van der Waals surface area (Å²) in [5.74, 6) is 1.76. The molecule has 2 aliphatic heterocycles. The highest BCUT2D eigenvalue weighted by atomic mass is 32.1. The fraction of sp³-hybridized carbons (Fsp3) is 0.322. The van der Waals surface area contributed by atoms with Crippen molar-refractivity contribution in [1.29, 1.82) is 21.0 Å². The molecular weight excluding hydrogens is 893 g/mol. The van der Waals surface area contributed by atoms with Gasteiger partial charge in [-0.3, -0.25) is 9.59 Å². The summed E-state index contributed by atoms with van der Waals surface area (Å²) in [4.78, 5) is 32.4. The number of carbonyl (C=O) groups is 2. The minimum absolute atomic E-state index is 0.0127. The van der Waals surface area contributed by atoms with E-state index < -0.39 is 11.2 Å². The minimum atomic E-state index is -0.518. The van der Waals surface area contributed by atoms with E-state index in [9.17, 15) is 30.6 Å². The van der Waals surface area contributed by atoms with Crippen molar-refractivity contribution >= 4 is 63.1 Å². The van der Waals surface area contributed by atoms with Crippen molar-refractivity contribution in [2.24, 2.45) is 17.8 Å². The van der Waals surface area contributed by atoms with Gasteiger partial charge in [0, 0.05) is 87.0 Å². The molecule has 69 heavy (non-hydrogen) atoms. The monoisotopic (exact) mass is 938 g/mol. The molecule has 0 amide bonds. The number of thiophene rings is 2. The highest BCUT2D eigenvalue weighted by Crippen LogP contribution is 2.59. The maximum Gasteiger partial charge on any atom is 0.194 e. The van der Waals surface area contributed by atoms with Gasteiger partial charge in [-0.05, 0) is 131 Å². The van der Waals surface area contributed by atoms with Gasteiger partial charge in [0.1, 0.15) is 58.1 Å². The molecule has 8 nitrogen and oxygen atoms in total. The Morgan fingerprint density at radius 1 is 0.609 bits per heavy atom. The van der Waals surface area contributed by atoms with Crippen molar-refractivity contribution in [2.45, 2.75) is 102 Å². The quantitative estimate of drug-likeness (QED) is 0.182. The summed E-state index contributed by atoms with van der Waals surface area (Å²) in [6, 6.07) is 18.3. The number of hydrogen-bond donors (Lipinski definition) is 0. The largest absolute Gasteiger partial charge is 0.482 e. The first kappa shape index (κ1) is 43.2. The molecule has 338 valence electrons. The highest BCUT2D eigenvalue weighted by Gasteiger charge is 2.49. The number of rotatable bonds is 2. The van der Waals surface area contributed by atoms with Crippen LogP contribution in [-0.2, 0) is 25.5 Å². The first-order valence-corrected chi connectivity index (χ1v) is 25.9. The van der Waals surface area contributed by atoms with E-state index in [0.29, 0.717) is 50.5 Å². The van der Waals surface area contributed by atoms with Gasteiger partial charge >= 0.3 is 0 Å². The third kappa shape index (κ3) is 6.68. The second-order valence-corrected chi connectivity index (χ2v) is 22.2. The average molecular weight is 939 g/mol. The number of allylic oxidation sites excluding steroid dienone is 16. The van der Waals surface area contributed by atoms with Crippen molar-refractivity contribution < 1.29 is 19.1 Å². The third-order valence-corrected chi connectivity index (χ3v) is 18.0. The Morgan fingerprint density at radius 3 is 1.62 bits per heavy atom. The lowest BCUT2D eigenvalue weighted by Gasteiger charge is -2.46. The molecule has 0 N–H and O–H groups in total. The van der Waals surface area contributed by atoms with Gasteiger partial charge in [0.15, 0.2) is 11.6 Å². The highest BCUT2D eigenvalue weighted by molar-refractivity contribution is 7.14. The summed E-state index contributed by atoms with van der Waals surface area (Å²) >= 11 is 3.29. The number of ether oxygens (including phenoxy) is 2. The van der Waals surface area contributed by atoms with Gasteiger partial charge in [-0.1, -0.05) is 61.8 Å². The summed E-state index contributed by atoms with van der Waals surface area (Å²) < 4.78 is 14.6. The van der Waals surface area contributed by atoms with Gasteiger partial charge in [-0.15, -0.1) is 22.7 Å². The van der Waals surface area contributed by atoms with Gasteiger partial charge in [-0.25, -0.2) is 0 Å². The molecule has 4 heterocycles. The second-order valence-electron chi connectivity index (χ2n) is 20.1. The van der Waals surface area contributed by atoms with E-state index in [2.05, 4.69) is 67.6 Å². The Bertz CT molecular complexity index is 3380. The molecule has 10 heteroatoms. The lowest BCUT2D eigenvalue weighted by Crippen LogP contribution is -2.37. The number of Topliss-reactive ketones (excluding diaryl/α,β-unsaturated/α-hetero) is 2. The van der Waals surface area contributed by atoms with Crippen LogP contribution < -0.4 is 0 Å². The van der Waals surface area contributed by atoms with E-state index in [4.69, 9.17) is 9.47 Å². The fourth-order valence-corrected chi connectivity index (χ4v) is 14.8. The van der Waals surface area contributed by atoms with Crippen LogP contribution in [0.15, 0.2) is 117 Å². The fourth-order valence-electron chi connectivity index (χ4n) is 12.4. The maximum atomic E-state index is 14.2. The first-order chi connectivity index (χ1) is 33.6. The summed E-state index contributed by atoms with van der Waals surface area (Å²) in [7, 11) is 0. The van der Waals surface area contributed by atoms with Gasteiger partial charge in [0.05, 0.1) is 0 Å². The summed E-state index contributed by atoms with van der Waals surface area (Å²) in [5, 5.41) is 40.4. The third-order valence-electron chi connectivity index (χ3n) is 15.8. The molecule has 3 unspecified atom stereocenters. The van der Waals surface area contributed by atoms with Crippen LogP contribution in [0.25, 0.3) is 28.9 Å². The van der Waals surface area contributed by atoms with Crippen LogP contribution in [0.2, 0.25) is 0 Å². The molecule has 7 aliphatic carbocycles. The second kappa shape index (κ2) is 16.3. The number of nitrogens with zero attached hydrogens (tertiary/aromatic N) is 4. The molecule has 0 bridgehead atoms. The van der Waals surface area contributed by atoms with Crippen molar-refractivity contribution in [2.75, 3.05) is 0 Å². The molecule has 2 spiro atoms. The van der Waals surface area contributed by atoms with Crippen molar-refractivity contribution in [3.05, 3.63) is 165 Å². The molecule has 9 aliphatic rings. The average Bonchev–Trinajstić information content (AvgIpc) is 4.08. The smallest absolute Gasteiger partial charge is 0.194 e. The zero-order chi connectivity index (χ0) is 47.3. The number of nitriles is 4. The summed E-state index contributed by atoms with van der Waals surface area (Å²) in [6.07, 6.45) is 28.5. The topological polar surface area (TPSA) is 148 Å². The molecule has 3 fully saturated rings. The zero-order valence-electron chi connectivity index (χ0n) is 38.5. The Kier molecular flexibility index (Phi) is 10.2. The molecule has 1 aromatic carbocycles. The number of benzene rings is 1. The number of fused-ring (bicyclic) bond motifs is 11. The normalized spacial score (nSPS) is 25.4. The predicted molar refractivity (Wildman–Crippen MR) is 267 cm³/mol. The molecule has 12 rings (SSSR count). The zero-order valence-corrected chi connectivity index (χ0v) is 40.1. The number of aryl methyl sites for hydroxylation is 1. The molecule has 0 saturated heterocycles. The Hall–Kier alpha value is -7.08. The van der Waals surface area contributed by atoms with E-state index in [1.165, 1.54) is 0 Å². The molecule has 3 saturated carbocycles. The Morgan fingerprint density at radius 2 is 1.10 bits per heavy atom. The minimum Gasteiger partial charge on any atom is -0.482 e. The molecular formula is C59H46N4O4S2. The number of ketones is 2. The number of hydrogen-bond acceptors (Lipinski definition) is 10. The predicted octanol–water partition coefficient (Wildman–Crippen LogP) is 13.7. The van der Waals surface area contributed by atoms with Crippen LogP contribution in [0.5, 0.6) is 0 Å². The Balaban J connectivity index is 0.956. The van der Waals surface area contributed by atoms with Crippen LogP contribution in [0.4, 0.5) is 0 Å². The lowest BCUT2D eigenvalue weighted by molar-refractivity contribution is -0.111. The Labute approximate surface area is 409 Å². The van der Waals surface area contributed by atoms with Crippen LogP contribution in [0, 0.1) is 70.0 Å². The first-order valence-electron chi connectivity index (χ1n) is 24.3. The van der Waals surface area contributed by atoms with Crippen LogP contribution in [0.3, 0.4) is 0 Å². The molecule has 2 aromatic heterocycles. The van der Waals surface area contributed by atoms with E-state index in [0.717, 1.165) is 136 Å². The van der Waals surface area contributed by atoms with E-state index in [1.807, 2.05) is 49.4 Å². The maximum absolute atomic E-state index is 14.2. The van der Waals surface area contributed by atoms with Crippen LogP contribution in [-0.4, -0.2) is 11.6 Å². The molecule has 3 atom stereocenters. The SMILES string of the molecule is Cc1ccc2c(c1)C(=O)/C(=C\c1cc3c(s1)C1=CC4C=C5OC6(CCCCC6)c6cc(/C=C7\C(=O)C8=CCC(C)CC=C8C7=C(C#N)C#N)sc6C5=CC4C=C1OC31CCCCC1)C2=C(C#N)C#N. The molecule has 3 aromatic rings. The van der Waals surface area contributed by atoms with Gasteiger partial charge < -0.3 is 9.47 Å². The van der Waals surface area contributed by atoms with Crippen LogP contribution >= 0.6 is 22.7 Å². The van der Waals surface area contributed by atoms with Crippen molar-refractivity contribution in [3.63, 3.8) is 0 Å². The van der Waals surface area contributed by atoms with Crippen molar-refractivity contribution in [1.82, 2.24) is 0 Å². The van der Waals surface area contributed by atoms with Crippen LogP contribution in [0.1, 0.15) is 136 Å². The molecule has 0 radical (unpaired) electrons. The van der Waals surface area contributed by atoms with E-state index >= 15 is 0 Å². The van der Waals surface area contributed by atoms with Crippen molar-refractivity contribution in [3.8, 4) is 24.3 Å².